The van der Waals surface area contributed by atoms with Crippen LogP contribution in [0.2, 0.25) is 0 Å². The van der Waals surface area contributed by atoms with Gasteiger partial charge in [-0.2, -0.15) is 20.4 Å². The third-order valence-electron chi connectivity index (χ3n) is 25.8. The highest BCUT2D eigenvalue weighted by atomic mass is 16.5. The molecule has 34 nitrogen and oxygen atoms in total. The van der Waals surface area contributed by atoms with Gasteiger partial charge in [0.1, 0.15) is 52.6 Å². The summed E-state index contributed by atoms with van der Waals surface area (Å²) < 4.78 is 56.9. The van der Waals surface area contributed by atoms with Crippen molar-refractivity contribution in [3.05, 3.63) is 220 Å². The predicted molar refractivity (Wildman–Crippen MR) is 580 cm³/mol. The van der Waals surface area contributed by atoms with Crippen LogP contribution in [0.1, 0.15) is 88.5 Å². The lowest BCUT2D eigenvalue weighted by Crippen LogP contribution is -2.34. The summed E-state index contributed by atoms with van der Waals surface area (Å²) in [6, 6.07) is 48.4. The molecule has 0 bridgehead atoms. The van der Waals surface area contributed by atoms with Gasteiger partial charge in [0.2, 0.25) is 0 Å². The van der Waals surface area contributed by atoms with Crippen LogP contribution in [0.15, 0.2) is 220 Å². The molecule has 4 fully saturated rings. The van der Waals surface area contributed by atoms with Crippen LogP contribution < -0.4 is 73.4 Å². The van der Waals surface area contributed by atoms with Crippen LogP contribution in [0.4, 0.5) is 50.3 Å². The highest BCUT2D eigenvalue weighted by Crippen LogP contribution is 2.43. The lowest BCUT2D eigenvalue weighted by atomic mass is 9.97. The molecule has 20 rings (SSSR count). The van der Waals surface area contributed by atoms with E-state index in [9.17, 15) is 4.79 Å². The number of anilines is 8. The molecule has 145 heavy (non-hydrogen) atoms. The Morgan fingerprint density at radius 1 is 0.331 bits per heavy atom. The second-order valence-corrected chi connectivity index (χ2v) is 35.6. The van der Waals surface area contributed by atoms with Gasteiger partial charge >= 0.3 is 6.09 Å². The average molecular weight is 1970 g/mol. The summed E-state index contributed by atoms with van der Waals surface area (Å²) in [6.07, 6.45) is 31.5. The first kappa shape index (κ1) is 109. The summed E-state index contributed by atoms with van der Waals surface area (Å²) in [7, 11) is 22.7. The fourth-order valence-electron chi connectivity index (χ4n) is 17.8. The van der Waals surface area contributed by atoms with E-state index in [0.29, 0.717) is 41.7 Å². The second kappa shape index (κ2) is 51.1. The lowest BCUT2D eigenvalue weighted by molar-refractivity contribution is 0.151. The summed E-state index contributed by atoms with van der Waals surface area (Å²) in [4.78, 5) is 61.2. The maximum atomic E-state index is 11.6. The molecule has 1 saturated carbocycles. The molecule has 3 saturated heterocycles. The minimum atomic E-state index is -0.492. The molecule has 8 aromatic carbocycles. The molecule has 0 spiro atoms. The minimum absolute atomic E-state index is 0. The van der Waals surface area contributed by atoms with E-state index in [2.05, 4.69) is 168 Å². The SMILES string of the molecule is C.C.C.C.C.CNC(=O)OCCN(c1cc(OC)cc(OC)c1)c1ccc2ncc(-c3cnn(C)c3)nc2c1.COc1cc(OC)cc(N(CC2CC2)c2ccc3ncc(-c4cnn(CC5CCN(C)CC5)c4)nc3c2)c1.COc1cc(OC)cc(N(CC2CCNCC2)c2ccc3ncc(-c4cnn(C)c4)nc3c2)c1.COc1cc(OC)cc(N(CC2CCNCC2)c2ccc3ncc(-c4cnn(C)c4)nc3c2)c1. The topological polar surface area (TPSA) is 327 Å². The molecule has 16 aromatic rings. The van der Waals surface area contributed by atoms with Crippen molar-refractivity contribution in [2.45, 2.75) is 95.0 Å². The number of aromatic nitrogens is 16. The van der Waals surface area contributed by atoms with Gasteiger partial charge in [0.15, 0.2) is 0 Å². The Hall–Kier alpha value is -15.3. The predicted octanol–water partition coefficient (Wildman–Crippen LogP) is 20.5. The molecule has 766 valence electrons. The number of hydrogen-bond acceptors (Lipinski definition) is 29. The fraction of sp³-hybridized carbons (Fsp3) is 0.378. The van der Waals surface area contributed by atoms with Gasteiger partial charge in [-0.3, -0.25) is 38.7 Å². The molecular formula is C111H142N24O10. The molecule has 34 heteroatoms. The van der Waals surface area contributed by atoms with Gasteiger partial charge in [-0.15, -0.1) is 0 Å². The Morgan fingerprint density at radius 3 is 0.897 bits per heavy atom. The average Bonchev–Trinajstić information content (AvgIpc) is 1.78. The molecule has 1 amide bonds. The van der Waals surface area contributed by atoms with E-state index in [1.807, 2.05) is 130 Å². The van der Waals surface area contributed by atoms with Gasteiger partial charge in [-0.05, 0) is 194 Å². The number of nitrogens with one attached hydrogen (secondary N) is 3. The number of likely N-dealkylation sites (tertiary alicyclic amines) is 1. The van der Waals surface area contributed by atoms with Crippen molar-refractivity contribution in [1.29, 1.82) is 0 Å². The van der Waals surface area contributed by atoms with Crippen molar-refractivity contribution in [1.82, 2.24) is 99.8 Å². The molecule has 3 aliphatic heterocycles. The number of fused-ring (bicyclic) bond motifs is 4. The number of carbonyl (C=O) groups is 1. The Bertz CT molecular complexity index is 6620. The van der Waals surface area contributed by atoms with Crippen molar-refractivity contribution < 1.29 is 47.4 Å². The number of piperidine rings is 3. The van der Waals surface area contributed by atoms with Gasteiger partial charge in [0.05, 0.1) is 180 Å². The van der Waals surface area contributed by atoms with Crippen molar-refractivity contribution in [3.8, 4) is 91.0 Å². The molecule has 0 radical (unpaired) electrons. The maximum Gasteiger partial charge on any atom is 0.406 e. The van der Waals surface area contributed by atoms with Gasteiger partial charge in [-0.1, -0.05) is 37.1 Å². The standard InChI is InChI=1S/C30H36N6O2.2C26H30N6O2.C24H26N6O4.5CH4/c1-34-10-8-22(9-11-34)18-35-20-23(16-32-35)30-17-31-28-7-6-24(14-29(28)33-30)36(19-21-4-5-21)25-12-26(37-2)15-27(13-25)38-3;2*1-31-17-19(14-29-31)26-15-28-24-5-4-20(12-25(24)30-26)32(16-18-6-8-27-9-7-18)21-10-22(33-2)13-23(11-21)34-3;1-25-24(31)34-8-7-30(18-9-19(32-3)12-20(10-18)33-4)17-5-6-21-22(11-17)28-23(14-26-21)16-13-27-29(2)15-16;;;;;/h6-7,12-17,20-22H,4-5,8-11,18-19H2,1-3H3;2*4-5,10-15,17-18,27H,6-9,16H2,1-3H3;5-6,9-15H,7-8H2,1-4H3,(H,25,31);5*1H4. The zero-order chi connectivity index (χ0) is 97.1. The molecule has 3 N–H and O–H groups in total. The first-order valence-corrected chi connectivity index (χ1v) is 47.4. The number of methoxy groups -OCH3 is 8. The summed E-state index contributed by atoms with van der Waals surface area (Å²) in [6.45, 7) is 10.8. The van der Waals surface area contributed by atoms with Crippen LogP contribution in [0.25, 0.3) is 89.2 Å². The van der Waals surface area contributed by atoms with E-state index < -0.39 is 6.09 Å². The Morgan fingerprint density at radius 2 is 0.614 bits per heavy atom. The zero-order valence-corrected chi connectivity index (χ0v) is 81.7. The van der Waals surface area contributed by atoms with E-state index >= 15 is 0 Å². The molecule has 1 aliphatic carbocycles. The van der Waals surface area contributed by atoms with E-state index in [1.54, 1.807) is 102 Å². The highest BCUT2D eigenvalue weighted by molar-refractivity contribution is 5.87. The number of ether oxygens (including phenoxy) is 9. The monoisotopic (exact) mass is 1970 g/mol. The normalized spacial score (nSPS) is 13.6. The van der Waals surface area contributed by atoms with Crippen LogP contribution in [0.3, 0.4) is 0 Å². The largest absolute Gasteiger partial charge is 0.497 e. The van der Waals surface area contributed by atoms with Crippen LogP contribution in [0, 0.1) is 23.7 Å². The number of carbonyl (C=O) groups excluding carboxylic acids is 1. The van der Waals surface area contributed by atoms with Crippen molar-refractivity contribution in [2.75, 3.05) is 163 Å². The summed E-state index contributed by atoms with van der Waals surface area (Å²) >= 11 is 0. The second-order valence-electron chi connectivity index (χ2n) is 35.6. The van der Waals surface area contributed by atoms with Crippen molar-refractivity contribution in [2.24, 2.45) is 44.8 Å². The number of rotatable bonds is 31. The first-order chi connectivity index (χ1) is 68.3. The Kier molecular flexibility index (Phi) is 38.2. The van der Waals surface area contributed by atoms with Crippen LogP contribution in [-0.4, -0.2) is 233 Å². The minimum Gasteiger partial charge on any atom is -0.497 e. The van der Waals surface area contributed by atoms with Gasteiger partial charge in [0, 0.05) is 220 Å². The van der Waals surface area contributed by atoms with Crippen LogP contribution in [0.5, 0.6) is 46.0 Å². The Labute approximate surface area is 851 Å². The molecule has 8 aromatic heterocycles. The van der Waals surface area contributed by atoms with Gasteiger partial charge in [-0.25, -0.2) is 24.7 Å². The number of alkyl carbamates (subject to hydrolysis) is 1. The number of hydrogen-bond donors (Lipinski definition) is 3. The van der Waals surface area contributed by atoms with Crippen molar-refractivity contribution in [3.63, 3.8) is 0 Å². The fourth-order valence-corrected chi connectivity index (χ4v) is 17.8. The van der Waals surface area contributed by atoms with Gasteiger partial charge < -0.3 is 83.1 Å². The molecule has 0 unspecified atom stereocenters. The van der Waals surface area contributed by atoms with E-state index in [4.69, 9.17) is 67.6 Å². The van der Waals surface area contributed by atoms with Crippen molar-refractivity contribution >= 4 is 95.7 Å². The third kappa shape index (κ3) is 27.6. The molecule has 11 heterocycles. The van der Waals surface area contributed by atoms with Crippen LogP contribution >= 0.6 is 0 Å². The zero-order valence-electron chi connectivity index (χ0n) is 81.7. The first-order valence-electron chi connectivity index (χ1n) is 47.4. The van der Waals surface area contributed by atoms with E-state index in [1.165, 1.54) is 32.7 Å². The number of amides is 1. The molecule has 0 atom stereocenters. The number of aryl methyl sites for hydroxylation is 3. The smallest absolute Gasteiger partial charge is 0.406 e. The maximum absolute atomic E-state index is 11.6. The van der Waals surface area contributed by atoms with Crippen LogP contribution in [-0.2, 0) is 32.4 Å². The van der Waals surface area contributed by atoms with E-state index in [-0.39, 0.29) is 43.7 Å². The summed E-state index contributed by atoms with van der Waals surface area (Å²) in [5.74, 6) is 8.45. The quantitative estimate of drug-likeness (QED) is 0.0363. The number of benzene rings is 8. The lowest BCUT2D eigenvalue weighted by Gasteiger charge is -2.32. The molecular weight excluding hydrogens is 1830 g/mol. The highest BCUT2D eigenvalue weighted by Gasteiger charge is 2.29. The van der Waals surface area contributed by atoms with E-state index in [0.717, 1.165) is 260 Å². The Balaban J connectivity index is 0.000000170. The third-order valence-corrected chi connectivity index (χ3v) is 25.8. The summed E-state index contributed by atoms with van der Waals surface area (Å²) in [5.41, 5.74) is 21.7. The number of nitrogens with zero attached hydrogens (tertiary/aromatic N) is 21. The summed E-state index contributed by atoms with van der Waals surface area (Å²) in [5, 5.41) is 26.8. The van der Waals surface area contributed by atoms with Gasteiger partial charge in [0.25, 0.3) is 0 Å². The molecule has 4 aliphatic rings.